The maximum atomic E-state index is 2.54. The summed E-state index contributed by atoms with van der Waals surface area (Å²) >= 11 is 0. The number of hydrogen-bond donors (Lipinski definition) is 0. The lowest BCUT2D eigenvalue weighted by Crippen LogP contribution is -2.36. The molecule has 0 nitrogen and oxygen atoms in total. The standard InChI is InChI=1S/C15H26/c1-11-9-15(12-5-2-3-6-12)14-8-4-7-13(11)10-14/h11-15H,2-10H2,1H3. The molecule has 3 aliphatic rings. The third-order valence-electron chi connectivity index (χ3n) is 5.81. The van der Waals surface area contributed by atoms with Gasteiger partial charge in [-0.15, -0.1) is 0 Å². The second-order valence-corrected chi connectivity index (χ2v) is 6.61. The van der Waals surface area contributed by atoms with E-state index in [1.165, 1.54) is 12.8 Å². The van der Waals surface area contributed by atoms with Gasteiger partial charge in [-0.25, -0.2) is 0 Å². The van der Waals surface area contributed by atoms with Crippen molar-refractivity contribution in [1.29, 1.82) is 0 Å². The highest BCUT2D eigenvalue weighted by Gasteiger charge is 2.41. The van der Waals surface area contributed by atoms with Crippen LogP contribution in [-0.2, 0) is 0 Å². The minimum atomic E-state index is 1.05. The van der Waals surface area contributed by atoms with Crippen LogP contribution in [0.4, 0.5) is 0 Å². The summed E-state index contributed by atoms with van der Waals surface area (Å²) in [5.41, 5.74) is 0. The fourth-order valence-electron chi connectivity index (χ4n) is 4.95. The van der Waals surface area contributed by atoms with Gasteiger partial charge in [-0.05, 0) is 42.4 Å². The Morgan fingerprint density at radius 2 is 1.33 bits per heavy atom. The van der Waals surface area contributed by atoms with E-state index in [9.17, 15) is 0 Å². The van der Waals surface area contributed by atoms with Gasteiger partial charge in [0.05, 0.1) is 0 Å². The predicted molar refractivity (Wildman–Crippen MR) is 64.7 cm³/mol. The third kappa shape index (κ3) is 1.85. The Morgan fingerprint density at radius 3 is 2.13 bits per heavy atom. The second kappa shape index (κ2) is 4.11. The van der Waals surface area contributed by atoms with Gasteiger partial charge in [-0.3, -0.25) is 0 Å². The van der Waals surface area contributed by atoms with Crippen molar-refractivity contribution in [2.75, 3.05) is 0 Å². The maximum absolute atomic E-state index is 2.54. The molecule has 0 saturated heterocycles. The highest BCUT2D eigenvalue weighted by molar-refractivity contribution is 4.91. The van der Waals surface area contributed by atoms with Crippen molar-refractivity contribution in [3.63, 3.8) is 0 Å². The summed E-state index contributed by atoms with van der Waals surface area (Å²) in [6.45, 7) is 2.54. The molecule has 4 atom stereocenters. The highest BCUT2D eigenvalue weighted by atomic mass is 14.5. The molecule has 0 aromatic heterocycles. The summed E-state index contributed by atoms with van der Waals surface area (Å²) in [6.07, 6.45) is 14.1. The average Bonchev–Trinajstić information content (AvgIpc) is 2.77. The lowest BCUT2D eigenvalue weighted by molar-refractivity contribution is 0.0413. The Bertz CT molecular complexity index is 214. The molecule has 2 bridgehead atoms. The average molecular weight is 206 g/mol. The molecular weight excluding hydrogens is 180 g/mol. The summed E-state index contributed by atoms with van der Waals surface area (Å²) in [7, 11) is 0. The Balaban J connectivity index is 1.71. The molecule has 3 fully saturated rings. The Kier molecular flexibility index (Phi) is 2.79. The van der Waals surface area contributed by atoms with Crippen LogP contribution in [0, 0.1) is 29.6 Å². The molecule has 3 aliphatic carbocycles. The molecule has 0 heterocycles. The van der Waals surface area contributed by atoms with Crippen molar-refractivity contribution in [1.82, 2.24) is 0 Å². The van der Waals surface area contributed by atoms with E-state index in [1.807, 2.05) is 0 Å². The smallest absolute Gasteiger partial charge is 0.0355 e. The van der Waals surface area contributed by atoms with Crippen LogP contribution in [0.3, 0.4) is 0 Å². The Morgan fingerprint density at radius 1 is 0.667 bits per heavy atom. The molecule has 0 spiro atoms. The Labute approximate surface area is 94.8 Å². The molecule has 86 valence electrons. The maximum Gasteiger partial charge on any atom is -0.0355 e. The zero-order chi connectivity index (χ0) is 10.3. The van der Waals surface area contributed by atoms with Crippen molar-refractivity contribution in [2.45, 2.75) is 64.7 Å². The monoisotopic (exact) mass is 206 g/mol. The van der Waals surface area contributed by atoms with Gasteiger partial charge in [-0.2, -0.15) is 0 Å². The van der Waals surface area contributed by atoms with Gasteiger partial charge in [0.2, 0.25) is 0 Å². The summed E-state index contributed by atoms with van der Waals surface area (Å²) in [5.74, 6) is 5.58. The van der Waals surface area contributed by atoms with Crippen LogP contribution in [0.15, 0.2) is 0 Å². The lowest BCUT2D eigenvalue weighted by atomic mass is 9.59. The molecular formula is C15H26. The molecule has 0 heteroatoms. The van der Waals surface area contributed by atoms with Crippen LogP contribution >= 0.6 is 0 Å². The van der Waals surface area contributed by atoms with Gasteiger partial charge < -0.3 is 0 Å². The number of fused-ring (bicyclic) bond motifs is 2. The van der Waals surface area contributed by atoms with Crippen LogP contribution in [-0.4, -0.2) is 0 Å². The quantitative estimate of drug-likeness (QED) is 0.586. The van der Waals surface area contributed by atoms with E-state index in [1.54, 1.807) is 44.9 Å². The van der Waals surface area contributed by atoms with Gasteiger partial charge in [-0.1, -0.05) is 51.9 Å². The SMILES string of the molecule is CC1CC(C2CCCC2)C2CCCC1C2. The molecule has 0 N–H and O–H groups in total. The fourth-order valence-corrected chi connectivity index (χ4v) is 4.95. The van der Waals surface area contributed by atoms with Crippen LogP contribution in [0.25, 0.3) is 0 Å². The molecule has 0 aromatic rings. The topological polar surface area (TPSA) is 0 Å². The van der Waals surface area contributed by atoms with Crippen molar-refractivity contribution < 1.29 is 0 Å². The molecule has 0 amide bonds. The minimum absolute atomic E-state index is 1.05. The van der Waals surface area contributed by atoms with E-state index < -0.39 is 0 Å². The summed E-state index contributed by atoms with van der Waals surface area (Å²) in [4.78, 5) is 0. The molecule has 0 aromatic carbocycles. The second-order valence-electron chi connectivity index (χ2n) is 6.61. The summed E-state index contributed by atoms with van der Waals surface area (Å²) < 4.78 is 0. The van der Waals surface area contributed by atoms with E-state index in [-0.39, 0.29) is 0 Å². The van der Waals surface area contributed by atoms with Crippen molar-refractivity contribution in [2.24, 2.45) is 29.6 Å². The largest absolute Gasteiger partial charge is 0.0622 e. The van der Waals surface area contributed by atoms with Crippen LogP contribution in [0.5, 0.6) is 0 Å². The first-order valence-electron chi connectivity index (χ1n) is 7.34. The first-order chi connectivity index (χ1) is 7.34. The zero-order valence-corrected chi connectivity index (χ0v) is 10.3. The molecule has 15 heavy (non-hydrogen) atoms. The van der Waals surface area contributed by atoms with Crippen molar-refractivity contribution in [3.05, 3.63) is 0 Å². The van der Waals surface area contributed by atoms with Crippen molar-refractivity contribution >= 4 is 0 Å². The summed E-state index contributed by atoms with van der Waals surface area (Å²) in [6, 6.07) is 0. The predicted octanol–water partition coefficient (Wildman–Crippen LogP) is 4.64. The van der Waals surface area contributed by atoms with E-state index >= 15 is 0 Å². The van der Waals surface area contributed by atoms with E-state index in [2.05, 4.69) is 6.92 Å². The zero-order valence-electron chi connectivity index (χ0n) is 10.3. The van der Waals surface area contributed by atoms with E-state index in [4.69, 9.17) is 0 Å². The Hall–Kier alpha value is 0. The fraction of sp³-hybridized carbons (Fsp3) is 1.00. The van der Waals surface area contributed by atoms with E-state index in [0.29, 0.717) is 0 Å². The molecule has 4 unspecified atom stereocenters. The van der Waals surface area contributed by atoms with Gasteiger partial charge in [0.25, 0.3) is 0 Å². The molecule has 0 radical (unpaired) electrons. The molecule has 0 aliphatic heterocycles. The van der Waals surface area contributed by atoms with E-state index in [0.717, 1.165) is 29.6 Å². The van der Waals surface area contributed by atoms with Gasteiger partial charge in [0.1, 0.15) is 0 Å². The van der Waals surface area contributed by atoms with Crippen molar-refractivity contribution in [3.8, 4) is 0 Å². The summed E-state index contributed by atoms with van der Waals surface area (Å²) in [5, 5.41) is 0. The lowest BCUT2D eigenvalue weighted by Gasteiger charge is -2.46. The first-order valence-corrected chi connectivity index (χ1v) is 7.34. The number of hydrogen-bond acceptors (Lipinski definition) is 0. The van der Waals surface area contributed by atoms with Crippen LogP contribution in [0.2, 0.25) is 0 Å². The third-order valence-corrected chi connectivity index (χ3v) is 5.81. The van der Waals surface area contributed by atoms with Crippen LogP contribution < -0.4 is 0 Å². The van der Waals surface area contributed by atoms with Crippen LogP contribution in [0.1, 0.15) is 64.7 Å². The first kappa shape index (κ1) is 10.2. The minimum Gasteiger partial charge on any atom is -0.0622 e. The number of rotatable bonds is 1. The highest BCUT2D eigenvalue weighted by Crippen LogP contribution is 2.51. The van der Waals surface area contributed by atoms with Gasteiger partial charge in [0.15, 0.2) is 0 Å². The molecule has 3 saturated carbocycles. The normalized spacial score (nSPS) is 47.0. The van der Waals surface area contributed by atoms with Gasteiger partial charge >= 0.3 is 0 Å². The molecule has 3 rings (SSSR count). The van der Waals surface area contributed by atoms with Gasteiger partial charge in [0, 0.05) is 0 Å².